The lowest BCUT2D eigenvalue weighted by Gasteiger charge is -2.28. The Labute approximate surface area is 126 Å². The molecule has 1 amide bonds. The predicted molar refractivity (Wildman–Crippen MR) is 75.9 cm³/mol. The number of aliphatic hydroxyl groups is 2. The Kier molecular flexibility index (Phi) is 4.85. The van der Waals surface area contributed by atoms with E-state index >= 15 is 0 Å². The summed E-state index contributed by atoms with van der Waals surface area (Å²) in [6, 6.07) is 9.56. The molecule has 0 bridgehead atoms. The molecule has 0 spiro atoms. The predicted octanol–water partition coefficient (Wildman–Crippen LogP) is 1.31. The fraction of sp³-hybridized carbons (Fsp3) is 0.188. The SMILES string of the molecule is O=C(NCCO)C(O)(c1ccc(F)cc1)c1ccc(F)cc1. The van der Waals surface area contributed by atoms with E-state index in [0.29, 0.717) is 0 Å². The van der Waals surface area contributed by atoms with Crippen LogP contribution in [0.4, 0.5) is 8.78 Å². The molecule has 0 saturated carbocycles. The summed E-state index contributed by atoms with van der Waals surface area (Å²) in [5, 5.41) is 22.1. The fourth-order valence-electron chi connectivity index (χ4n) is 2.11. The molecule has 2 rings (SSSR count). The topological polar surface area (TPSA) is 69.6 Å². The number of rotatable bonds is 5. The van der Waals surface area contributed by atoms with Gasteiger partial charge < -0.3 is 15.5 Å². The number of benzene rings is 2. The van der Waals surface area contributed by atoms with Gasteiger partial charge in [-0.2, -0.15) is 0 Å². The van der Waals surface area contributed by atoms with Gasteiger partial charge in [0.05, 0.1) is 6.61 Å². The molecule has 0 saturated heterocycles. The number of carbonyl (C=O) groups is 1. The standard InChI is InChI=1S/C16H15F2NO3/c17-13-5-1-11(2-6-13)16(22,15(21)19-9-10-20)12-3-7-14(18)8-4-12/h1-8,20,22H,9-10H2,(H,19,21). The van der Waals surface area contributed by atoms with E-state index in [-0.39, 0.29) is 24.3 Å². The third-order valence-electron chi connectivity index (χ3n) is 3.25. The van der Waals surface area contributed by atoms with Gasteiger partial charge in [0.15, 0.2) is 5.60 Å². The average molecular weight is 307 g/mol. The fourth-order valence-corrected chi connectivity index (χ4v) is 2.11. The quantitative estimate of drug-likeness (QED) is 0.780. The zero-order chi connectivity index (χ0) is 16.2. The van der Waals surface area contributed by atoms with Gasteiger partial charge in [-0.3, -0.25) is 4.79 Å². The van der Waals surface area contributed by atoms with E-state index in [1.54, 1.807) is 0 Å². The Morgan fingerprint density at radius 2 is 1.36 bits per heavy atom. The second-order valence-corrected chi connectivity index (χ2v) is 4.70. The summed E-state index contributed by atoms with van der Waals surface area (Å²) >= 11 is 0. The van der Waals surface area contributed by atoms with Gasteiger partial charge in [0.2, 0.25) is 0 Å². The molecule has 0 atom stereocenters. The highest BCUT2D eigenvalue weighted by molar-refractivity contribution is 5.90. The highest BCUT2D eigenvalue weighted by atomic mass is 19.1. The molecule has 0 heterocycles. The first-order valence-electron chi connectivity index (χ1n) is 6.62. The van der Waals surface area contributed by atoms with Gasteiger partial charge in [0, 0.05) is 6.54 Å². The number of carbonyl (C=O) groups excluding carboxylic acids is 1. The molecule has 22 heavy (non-hydrogen) atoms. The first kappa shape index (κ1) is 16.1. The molecular weight excluding hydrogens is 292 g/mol. The maximum Gasteiger partial charge on any atom is 0.261 e. The number of halogens is 2. The number of amides is 1. The van der Waals surface area contributed by atoms with Gasteiger partial charge in [-0.25, -0.2) is 8.78 Å². The zero-order valence-electron chi connectivity index (χ0n) is 11.6. The average Bonchev–Trinajstić information content (AvgIpc) is 2.53. The van der Waals surface area contributed by atoms with Crippen molar-refractivity contribution >= 4 is 5.91 Å². The number of hydrogen-bond donors (Lipinski definition) is 3. The smallest absolute Gasteiger partial charge is 0.261 e. The van der Waals surface area contributed by atoms with E-state index in [0.717, 1.165) is 24.3 Å². The van der Waals surface area contributed by atoms with E-state index in [1.807, 2.05) is 0 Å². The van der Waals surface area contributed by atoms with Crippen LogP contribution in [0.3, 0.4) is 0 Å². The molecule has 0 radical (unpaired) electrons. The van der Waals surface area contributed by atoms with Crippen LogP contribution in [-0.4, -0.2) is 29.3 Å². The van der Waals surface area contributed by atoms with Crippen molar-refractivity contribution in [2.24, 2.45) is 0 Å². The van der Waals surface area contributed by atoms with Crippen molar-refractivity contribution in [1.82, 2.24) is 5.32 Å². The van der Waals surface area contributed by atoms with Crippen LogP contribution in [0, 0.1) is 11.6 Å². The molecule has 0 aliphatic rings. The normalized spacial score (nSPS) is 11.3. The Morgan fingerprint density at radius 1 is 0.955 bits per heavy atom. The van der Waals surface area contributed by atoms with Gasteiger partial charge in [0.1, 0.15) is 11.6 Å². The first-order valence-corrected chi connectivity index (χ1v) is 6.62. The Morgan fingerprint density at radius 3 is 1.73 bits per heavy atom. The van der Waals surface area contributed by atoms with E-state index < -0.39 is 23.1 Å². The van der Waals surface area contributed by atoms with Crippen molar-refractivity contribution in [2.75, 3.05) is 13.2 Å². The maximum absolute atomic E-state index is 13.1. The third kappa shape index (κ3) is 3.13. The molecular formula is C16H15F2NO3. The van der Waals surface area contributed by atoms with Crippen LogP contribution in [0.2, 0.25) is 0 Å². The van der Waals surface area contributed by atoms with E-state index in [9.17, 15) is 18.7 Å². The molecule has 0 aromatic heterocycles. The van der Waals surface area contributed by atoms with Crippen LogP contribution in [0.15, 0.2) is 48.5 Å². The van der Waals surface area contributed by atoms with Crippen molar-refractivity contribution in [1.29, 1.82) is 0 Å². The summed E-state index contributed by atoms with van der Waals surface area (Å²) in [5.41, 5.74) is -1.84. The van der Waals surface area contributed by atoms with Crippen molar-refractivity contribution in [3.8, 4) is 0 Å². The van der Waals surface area contributed by atoms with Gasteiger partial charge in [0.25, 0.3) is 5.91 Å². The lowest BCUT2D eigenvalue weighted by atomic mass is 9.85. The molecule has 116 valence electrons. The van der Waals surface area contributed by atoms with Crippen LogP contribution in [0.1, 0.15) is 11.1 Å². The maximum atomic E-state index is 13.1. The Bertz CT molecular complexity index is 596. The first-order chi connectivity index (χ1) is 10.5. The minimum absolute atomic E-state index is 0.0521. The number of hydrogen-bond acceptors (Lipinski definition) is 3. The molecule has 2 aromatic carbocycles. The highest BCUT2D eigenvalue weighted by Crippen LogP contribution is 2.30. The van der Waals surface area contributed by atoms with Gasteiger partial charge >= 0.3 is 0 Å². The van der Waals surface area contributed by atoms with E-state index in [2.05, 4.69) is 5.32 Å². The molecule has 3 N–H and O–H groups in total. The largest absolute Gasteiger partial charge is 0.395 e. The molecule has 0 fully saturated rings. The summed E-state index contributed by atoms with van der Waals surface area (Å²) in [6.45, 7) is -0.349. The third-order valence-corrected chi connectivity index (χ3v) is 3.25. The van der Waals surface area contributed by atoms with Crippen molar-refractivity contribution < 1.29 is 23.8 Å². The minimum Gasteiger partial charge on any atom is -0.395 e. The summed E-state index contributed by atoms with van der Waals surface area (Å²) < 4.78 is 26.1. The molecule has 0 aliphatic carbocycles. The zero-order valence-corrected chi connectivity index (χ0v) is 11.6. The molecule has 0 unspecified atom stereocenters. The monoisotopic (exact) mass is 307 g/mol. The van der Waals surface area contributed by atoms with Gasteiger partial charge in [-0.05, 0) is 35.4 Å². The van der Waals surface area contributed by atoms with Crippen LogP contribution in [0.5, 0.6) is 0 Å². The second kappa shape index (κ2) is 6.64. The highest BCUT2D eigenvalue weighted by Gasteiger charge is 2.39. The van der Waals surface area contributed by atoms with Crippen LogP contribution in [0.25, 0.3) is 0 Å². The lowest BCUT2D eigenvalue weighted by molar-refractivity contribution is -0.136. The van der Waals surface area contributed by atoms with Gasteiger partial charge in [-0.1, -0.05) is 24.3 Å². The summed E-state index contributed by atoms with van der Waals surface area (Å²) in [6.07, 6.45) is 0. The van der Waals surface area contributed by atoms with Gasteiger partial charge in [-0.15, -0.1) is 0 Å². The Hall–Kier alpha value is -2.31. The van der Waals surface area contributed by atoms with Crippen molar-refractivity contribution in [3.63, 3.8) is 0 Å². The number of aliphatic hydroxyl groups excluding tert-OH is 1. The van der Waals surface area contributed by atoms with Crippen molar-refractivity contribution in [2.45, 2.75) is 5.60 Å². The lowest BCUT2D eigenvalue weighted by Crippen LogP contribution is -2.46. The van der Waals surface area contributed by atoms with E-state index in [4.69, 9.17) is 5.11 Å². The van der Waals surface area contributed by atoms with Crippen molar-refractivity contribution in [3.05, 3.63) is 71.3 Å². The van der Waals surface area contributed by atoms with Crippen LogP contribution < -0.4 is 5.32 Å². The van der Waals surface area contributed by atoms with Crippen LogP contribution in [-0.2, 0) is 10.4 Å². The molecule has 0 aliphatic heterocycles. The summed E-state index contributed by atoms with van der Waals surface area (Å²) in [7, 11) is 0. The number of nitrogens with one attached hydrogen (secondary N) is 1. The minimum atomic E-state index is -2.11. The van der Waals surface area contributed by atoms with Crippen LogP contribution >= 0.6 is 0 Å². The molecule has 6 heteroatoms. The van der Waals surface area contributed by atoms with E-state index in [1.165, 1.54) is 24.3 Å². The second-order valence-electron chi connectivity index (χ2n) is 4.70. The summed E-state index contributed by atoms with van der Waals surface area (Å²) in [5.74, 6) is -1.82. The Balaban J connectivity index is 2.50. The molecule has 4 nitrogen and oxygen atoms in total. The molecule has 2 aromatic rings. The summed E-state index contributed by atoms with van der Waals surface area (Å²) in [4.78, 5) is 12.3.